The summed E-state index contributed by atoms with van der Waals surface area (Å²) in [6.45, 7) is 20.3. The maximum atomic E-state index is 12.0. The SMILES string of the molecule is C1CCOC1.CC.CNCC(O)COc1cccc(-c2nc(N)c(C)c(N3CC4CCC(C3)O4)n2)c1.CNCC(O)COc1cccc(-c2nc(N3CCN(C(C)=O)C(C)C3)c(C)c(N(C)C3CCOC3)n2)c1. The average molecular weight is 1010 g/mol. The van der Waals surface area contributed by atoms with E-state index >= 15 is 0 Å². The first-order chi connectivity index (χ1) is 35.3. The smallest absolute Gasteiger partial charge is 0.219 e. The number of nitrogens with zero attached hydrogens (tertiary/aromatic N) is 8. The van der Waals surface area contributed by atoms with Crippen LogP contribution in [-0.4, -0.2) is 184 Å². The van der Waals surface area contributed by atoms with Gasteiger partial charge in [0.2, 0.25) is 5.91 Å². The number of aromatic nitrogens is 4. The second-order valence-corrected chi connectivity index (χ2v) is 19.1. The number of carbonyl (C=O) groups is 1. The van der Waals surface area contributed by atoms with Gasteiger partial charge in [0, 0.05) is 108 Å². The minimum Gasteiger partial charge on any atom is -0.491 e. The lowest BCUT2D eigenvalue weighted by molar-refractivity contribution is -0.131. The summed E-state index contributed by atoms with van der Waals surface area (Å²) < 4.78 is 28.1. The lowest BCUT2D eigenvalue weighted by Crippen LogP contribution is -2.54. The number of hydrogen-bond acceptors (Lipinski definition) is 18. The summed E-state index contributed by atoms with van der Waals surface area (Å²) in [5, 5.41) is 25.7. The van der Waals surface area contributed by atoms with Gasteiger partial charge in [-0.25, -0.2) is 19.9 Å². The van der Waals surface area contributed by atoms with Crippen LogP contribution in [0.5, 0.6) is 11.5 Å². The molecule has 4 aromatic rings. The number of morpholine rings is 1. The predicted octanol–water partition coefficient (Wildman–Crippen LogP) is 4.88. The number of nitrogens with two attached hydrogens (primary N) is 1. The first-order valence-electron chi connectivity index (χ1n) is 26.3. The van der Waals surface area contributed by atoms with E-state index in [0.717, 1.165) is 91.9 Å². The summed E-state index contributed by atoms with van der Waals surface area (Å²) in [5.74, 6) is 5.73. The number of nitrogen functional groups attached to an aromatic ring is 1. The number of rotatable bonds is 16. The van der Waals surface area contributed by atoms with E-state index in [9.17, 15) is 15.0 Å². The minimum atomic E-state index is -0.597. The van der Waals surface area contributed by atoms with Gasteiger partial charge in [-0.2, -0.15) is 0 Å². The van der Waals surface area contributed by atoms with E-state index < -0.39 is 12.2 Å². The van der Waals surface area contributed by atoms with Crippen molar-refractivity contribution in [2.24, 2.45) is 0 Å². The number of aliphatic hydroxyl groups is 2. The van der Waals surface area contributed by atoms with Crippen molar-refractivity contribution in [2.75, 3.05) is 127 Å². The van der Waals surface area contributed by atoms with Crippen molar-refractivity contribution in [3.63, 3.8) is 0 Å². The molecule has 5 aliphatic heterocycles. The lowest BCUT2D eigenvalue weighted by Gasteiger charge is -2.41. The number of amides is 1. The molecular formula is C54H83N11O8. The van der Waals surface area contributed by atoms with Crippen LogP contribution in [0.3, 0.4) is 0 Å². The number of nitrogens with one attached hydrogen (secondary N) is 2. The van der Waals surface area contributed by atoms with Crippen molar-refractivity contribution < 1.29 is 38.7 Å². The van der Waals surface area contributed by atoms with Crippen molar-refractivity contribution in [2.45, 2.75) is 110 Å². The predicted molar refractivity (Wildman–Crippen MR) is 288 cm³/mol. The van der Waals surface area contributed by atoms with E-state index in [4.69, 9.17) is 44.4 Å². The molecule has 2 aromatic carbocycles. The van der Waals surface area contributed by atoms with E-state index in [1.54, 1.807) is 21.0 Å². The Hall–Kier alpha value is -5.41. The van der Waals surface area contributed by atoms with Crippen LogP contribution in [0.1, 0.15) is 70.9 Å². The Balaban J connectivity index is 0.000000215. The molecule has 402 valence electrons. The molecular weight excluding hydrogens is 931 g/mol. The van der Waals surface area contributed by atoms with Crippen LogP contribution in [0.4, 0.5) is 23.3 Å². The number of hydrogen-bond donors (Lipinski definition) is 5. The number of ether oxygens (including phenoxy) is 5. The standard InChI is InChI=1S/C27H40N6O4.C21H29N5O3.C4H8O.C2H6/c1-18-15-32(10-11-33(18)20(3)34)27-19(2)26(31(5)22-9-12-36-16-22)29-25(30-27)21-7-6-8-24(13-21)37-17-23(35)14-28-4;1-13-19(22)24-20(25-21(13)26-10-17-6-7-18(11-26)29-17)14-4-3-5-16(8-14)28-12-15(27)9-23-2;1-2-4-5-3-1;1-2/h6-8,13,18,22-23,28,35H,9-12,14-17H2,1-5H3;3-5,8,15,17-18,23,27H,6-7,9-12H2,1-2H3,(H2,22,24,25);1-4H2;1-2H3. The molecule has 73 heavy (non-hydrogen) atoms. The Kier molecular flexibility index (Phi) is 22.1. The van der Waals surface area contributed by atoms with Crippen molar-refractivity contribution in [3.05, 3.63) is 59.7 Å². The molecule has 0 radical (unpaired) electrons. The largest absolute Gasteiger partial charge is 0.491 e. The van der Waals surface area contributed by atoms with Gasteiger partial charge in [-0.15, -0.1) is 0 Å². The van der Waals surface area contributed by atoms with Gasteiger partial charge < -0.3 is 69.9 Å². The molecule has 1 amide bonds. The van der Waals surface area contributed by atoms with E-state index in [1.165, 1.54) is 12.8 Å². The highest BCUT2D eigenvalue weighted by Gasteiger charge is 2.35. The van der Waals surface area contributed by atoms with E-state index in [1.807, 2.05) is 74.2 Å². The molecule has 0 aliphatic carbocycles. The first kappa shape index (κ1) is 56.9. The quantitative estimate of drug-likeness (QED) is 0.101. The summed E-state index contributed by atoms with van der Waals surface area (Å²) in [7, 11) is 5.66. The highest BCUT2D eigenvalue weighted by atomic mass is 16.5. The number of piperazine rings is 1. The fraction of sp³-hybridized carbons (Fsp3) is 0.611. The number of carbonyl (C=O) groups excluding carboxylic acids is 1. The van der Waals surface area contributed by atoms with Gasteiger partial charge in [0.25, 0.3) is 0 Å². The third kappa shape index (κ3) is 15.8. The second kappa shape index (κ2) is 28.3. The molecule has 2 bridgehead atoms. The average Bonchev–Trinajstić information content (AvgIpc) is 4.23. The molecule has 6 atom stereocenters. The van der Waals surface area contributed by atoms with Gasteiger partial charge in [-0.1, -0.05) is 38.1 Å². The summed E-state index contributed by atoms with van der Waals surface area (Å²) in [4.78, 5) is 40.1. The third-order valence-electron chi connectivity index (χ3n) is 13.5. The molecule has 19 heteroatoms. The first-order valence-corrected chi connectivity index (χ1v) is 26.3. The molecule has 2 aromatic heterocycles. The van der Waals surface area contributed by atoms with Gasteiger partial charge in [0.15, 0.2) is 11.6 Å². The third-order valence-corrected chi connectivity index (χ3v) is 13.5. The van der Waals surface area contributed by atoms with Crippen molar-refractivity contribution in [3.8, 4) is 34.3 Å². The number of fused-ring (bicyclic) bond motifs is 2. The van der Waals surface area contributed by atoms with Crippen LogP contribution < -0.4 is 40.5 Å². The molecule has 19 nitrogen and oxygen atoms in total. The van der Waals surface area contributed by atoms with Gasteiger partial charge >= 0.3 is 0 Å². The van der Waals surface area contributed by atoms with Gasteiger partial charge in [0.05, 0.1) is 24.9 Å². The monoisotopic (exact) mass is 1010 g/mol. The zero-order chi connectivity index (χ0) is 52.4. The highest BCUT2D eigenvalue weighted by Crippen LogP contribution is 2.35. The van der Waals surface area contributed by atoms with Crippen LogP contribution in [-0.2, 0) is 19.0 Å². The second-order valence-electron chi connectivity index (χ2n) is 19.1. The normalized spacial score (nSPS) is 20.9. The van der Waals surface area contributed by atoms with Gasteiger partial charge in [-0.3, -0.25) is 4.79 Å². The lowest BCUT2D eigenvalue weighted by atomic mass is 10.1. The van der Waals surface area contributed by atoms with E-state index in [-0.39, 0.29) is 43.4 Å². The van der Waals surface area contributed by atoms with Crippen LogP contribution in [0.15, 0.2) is 48.5 Å². The Labute approximate surface area is 433 Å². The number of benzene rings is 2. The molecule has 0 spiro atoms. The highest BCUT2D eigenvalue weighted by molar-refractivity contribution is 5.74. The van der Waals surface area contributed by atoms with Gasteiger partial charge in [0.1, 0.15) is 60.2 Å². The Morgan fingerprint density at radius 1 is 0.781 bits per heavy atom. The summed E-state index contributed by atoms with van der Waals surface area (Å²) in [5.41, 5.74) is 9.83. The number of likely N-dealkylation sites (N-methyl/N-ethyl adjacent to an activating group) is 3. The Bertz CT molecular complexity index is 2320. The topological polar surface area (TPSA) is 218 Å². The minimum absolute atomic E-state index is 0.0919. The van der Waals surface area contributed by atoms with Crippen LogP contribution in [0, 0.1) is 13.8 Å². The van der Waals surface area contributed by atoms with Crippen molar-refractivity contribution in [1.29, 1.82) is 0 Å². The van der Waals surface area contributed by atoms with E-state index in [2.05, 4.69) is 51.2 Å². The van der Waals surface area contributed by atoms with Crippen molar-refractivity contribution >= 4 is 29.2 Å². The van der Waals surface area contributed by atoms with Crippen LogP contribution >= 0.6 is 0 Å². The summed E-state index contributed by atoms with van der Waals surface area (Å²) in [6.07, 6.45) is 5.09. The Morgan fingerprint density at radius 2 is 1.34 bits per heavy atom. The molecule has 9 rings (SSSR count). The van der Waals surface area contributed by atoms with Gasteiger partial charge in [-0.05, 0) is 91.2 Å². The van der Waals surface area contributed by atoms with E-state index in [0.29, 0.717) is 68.3 Å². The maximum Gasteiger partial charge on any atom is 0.219 e. The van der Waals surface area contributed by atoms with Crippen LogP contribution in [0.25, 0.3) is 22.8 Å². The van der Waals surface area contributed by atoms with Crippen LogP contribution in [0.2, 0.25) is 0 Å². The zero-order valence-electron chi connectivity index (χ0n) is 44.8. The molecule has 5 aliphatic rings. The number of anilines is 4. The Morgan fingerprint density at radius 3 is 1.84 bits per heavy atom. The molecule has 0 saturated carbocycles. The molecule has 5 saturated heterocycles. The fourth-order valence-corrected chi connectivity index (χ4v) is 9.57. The zero-order valence-corrected chi connectivity index (χ0v) is 44.8. The van der Waals surface area contributed by atoms with Crippen molar-refractivity contribution in [1.82, 2.24) is 35.5 Å². The maximum absolute atomic E-state index is 12.0. The summed E-state index contributed by atoms with van der Waals surface area (Å²) >= 11 is 0. The fourth-order valence-electron chi connectivity index (χ4n) is 9.57. The number of aliphatic hydroxyl groups excluding tert-OH is 2. The summed E-state index contributed by atoms with van der Waals surface area (Å²) in [6, 6.07) is 15.6. The molecule has 7 heterocycles. The molecule has 6 N–H and O–H groups in total. The molecule has 5 fully saturated rings. The molecule has 6 unspecified atom stereocenters.